The topological polar surface area (TPSA) is 63.7 Å². The molecule has 0 amide bonds. The van der Waals surface area contributed by atoms with Crippen LogP contribution in [0, 0.1) is 0 Å². The number of sulfonamides is 1. The Labute approximate surface area is 84.9 Å². The summed E-state index contributed by atoms with van der Waals surface area (Å²) in [5, 5.41) is 0. The van der Waals surface area contributed by atoms with Crippen LogP contribution < -0.4 is 0 Å². The monoisotopic (exact) mass is 248 g/mol. The fraction of sp³-hybridized carbons (Fsp3) is 0.833. The molecule has 0 aromatic heterocycles. The van der Waals surface area contributed by atoms with Gasteiger partial charge in [-0.15, -0.1) is 0 Å². The lowest BCUT2D eigenvalue weighted by molar-refractivity contribution is -0.0521. The van der Waals surface area contributed by atoms with Gasteiger partial charge in [0.15, 0.2) is 6.73 Å². The molecule has 5 nitrogen and oxygen atoms in total. The van der Waals surface area contributed by atoms with Crippen LogP contribution in [0.5, 0.6) is 0 Å². The third-order valence-corrected chi connectivity index (χ3v) is 3.16. The van der Waals surface area contributed by atoms with E-state index in [9.17, 15) is 26.4 Å². The van der Waals surface area contributed by atoms with E-state index in [4.69, 9.17) is 0 Å². The number of hydrogen-bond acceptors (Lipinski definition) is 4. The highest BCUT2D eigenvalue weighted by atomic mass is 32.2. The van der Waals surface area contributed by atoms with Crippen LogP contribution in [0.3, 0.4) is 0 Å². The Hall–Kier alpha value is -0.830. The summed E-state index contributed by atoms with van der Waals surface area (Å²) in [5.41, 5.74) is -5.41. The van der Waals surface area contributed by atoms with E-state index in [2.05, 4.69) is 4.74 Å². The van der Waals surface area contributed by atoms with Crippen molar-refractivity contribution in [3.05, 3.63) is 0 Å². The Morgan fingerprint density at radius 1 is 1.40 bits per heavy atom. The molecule has 0 fully saturated rings. The zero-order valence-corrected chi connectivity index (χ0v) is 8.72. The molecular formula is C6H9F3NO4S. The number of hydrogen-bond donors (Lipinski definition) is 0. The SMILES string of the molecule is CC(C)N(CO[C]=O)S(=O)(=O)C(F)(F)F. The number of carbonyl (C=O) groups excluding carboxylic acids is 1. The average Bonchev–Trinajstić information content (AvgIpc) is 2.01. The second-order valence-electron chi connectivity index (χ2n) is 2.79. The van der Waals surface area contributed by atoms with Crippen molar-refractivity contribution >= 4 is 16.5 Å². The minimum atomic E-state index is -5.48. The molecule has 89 valence electrons. The summed E-state index contributed by atoms with van der Waals surface area (Å²) < 4.78 is 61.9. The van der Waals surface area contributed by atoms with E-state index in [0.717, 1.165) is 6.47 Å². The number of nitrogens with zero attached hydrogens (tertiary/aromatic N) is 1. The Balaban J connectivity index is 5.00. The smallest absolute Gasteiger partial charge is 0.440 e. The lowest BCUT2D eigenvalue weighted by Gasteiger charge is -2.24. The molecule has 0 aliphatic rings. The molecule has 0 aromatic rings. The van der Waals surface area contributed by atoms with Crippen molar-refractivity contribution < 1.29 is 31.1 Å². The molecule has 0 spiro atoms. The van der Waals surface area contributed by atoms with Crippen LogP contribution in [0.1, 0.15) is 13.8 Å². The van der Waals surface area contributed by atoms with Crippen molar-refractivity contribution in [3.8, 4) is 0 Å². The van der Waals surface area contributed by atoms with Crippen LogP contribution in [0.15, 0.2) is 0 Å². The fourth-order valence-corrected chi connectivity index (χ4v) is 1.73. The third kappa shape index (κ3) is 3.34. The highest BCUT2D eigenvalue weighted by Crippen LogP contribution is 2.27. The summed E-state index contributed by atoms with van der Waals surface area (Å²) in [7, 11) is -5.48. The molecule has 0 aliphatic heterocycles. The van der Waals surface area contributed by atoms with Crippen molar-refractivity contribution in [2.24, 2.45) is 0 Å². The molecule has 0 bridgehead atoms. The number of halogens is 3. The van der Waals surface area contributed by atoms with Crippen molar-refractivity contribution in [2.45, 2.75) is 25.4 Å². The normalized spacial score (nSPS) is 13.3. The predicted molar refractivity (Wildman–Crippen MR) is 43.6 cm³/mol. The highest BCUT2D eigenvalue weighted by molar-refractivity contribution is 7.90. The van der Waals surface area contributed by atoms with Gasteiger partial charge >= 0.3 is 22.0 Å². The summed E-state index contributed by atoms with van der Waals surface area (Å²) in [6.07, 6.45) is 0. The summed E-state index contributed by atoms with van der Waals surface area (Å²) in [4.78, 5) is 9.66. The van der Waals surface area contributed by atoms with Crippen LogP contribution >= 0.6 is 0 Å². The van der Waals surface area contributed by atoms with Gasteiger partial charge in [0, 0.05) is 6.04 Å². The first kappa shape index (κ1) is 14.2. The molecule has 0 heterocycles. The summed E-state index contributed by atoms with van der Waals surface area (Å²) in [5.74, 6) is 0. The van der Waals surface area contributed by atoms with Crippen LogP contribution in [0.25, 0.3) is 0 Å². The quantitative estimate of drug-likeness (QED) is 0.668. The molecule has 9 heteroatoms. The Kier molecular flexibility index (Phi) is 4.53. The predicted octanol–water partition coefficient (Wildman–Crippen LogP) is 0.588. The molecule has 1 radical (unpaired) electrons. The molecule has 0 rings (SSSR count). The number of rotatable bonds is 5. The van der Waals surface area contributed by atoms with E-state index in [1.807, 2.05) is 0 Å². The minimum absolute atomic E-state index is 0.0118. The Morgan fingerprint density at radius 2 is 1.87 bits per heavy atom. The summed E-state index contributed by atoms with van der Waals surface area (Å²) in [6, 6.07) is -0.982. The van der Waals surface area contributed by atoms with Gasteiger partial charge in [-0.3, -0.25) is 0 Å². The average molecular weight is 248 g/mol. The molecule has 0 aromatic carbocycles. The van der Waals surface area contributed by atoms with Crippen molar-refractivity contribution in [1.82, 2.24) is 4.31 Å². The summed E-state index contributed by atoms with van der Waals surface area (Å²) in [6.45, 7) is 2.28. The van der Waals surface area contributed by atoms with Crippen LogP contribution in [0.2, 0.25) is 0 Å². The first-order chi connectivity index (χ1) is 6.64. The molecule has 0 saturated heterocycles. The molecule has 0 N–H and O–H groups in total. The van der Waals surface area contributed by atoms with Gasteiger partial charge in [-0.1, -0.05) is 0 Å². The van der Waals surface area contributed by atoms with Gasteiger partial charge in [0.25, 0.3) is 0 Å². The molecule has 0 atom stereocenters. The van der Waals surface area contributed by atoms with Gasteiger partial charge in [-0.2, -0.15) is 17.5 Å². The zero-order valence-electron chi connectivity index (χ0n) is 7.91. The van der Waals surface area contributed by atoms with Gasteiger partial charge in [0.2, 0.25) is 0 Å². The lowest BCUT2D eigenvalue weighted by Crippen LogP contribution is -2.45. The zero-order chi connectivity index (χ0) is 12.3. The molecule has 0 aliphatic carbocycles. The second-order valence-corrected chi connectivity index (χ2v) is 4.67. The number of alkyl halides is 3. The first-order valence-corrected chi connectivity index (χ1v) is 5.15. The molecular weight excluding hydrogens is 239 g/mol. The Morgan fingerprint density at radius 3 is 2.13 bits per heavy atom. The van der Waals surface area contributed by atoms with E-state index in [0.29, 0.717) is 0 Å². The van der Waals surface area contributed by atoms with E-state index in [1.165, 1.54) is 13.8 Å². The summed E-state index contributed by atoms with van der Waals surface area (Å²) >= 11 is 0. The molecule has 15 heavy (non-hydrogen) atoms. The maximum Gasteiger partial charge on any atom is 0.511 e. The number of ether oxygens (including phenoxy) is 1. The van der Waals surface area contributed by atoms with Crippen molar-refractivity contribution in [3.63, 3.8) is 0 Å². The highest BCUT2D eigenvalue weighted by Gasteiger charge is 2.51. The van der Waals surface area contributed by atoms with Crippen LogP contribution in [0.4, 0.5) is 13.2 Å². The standard InChI is InChI=1S/C6H9F3NO4S/c1-5(2)10(3-14-4-11)15(12,13)6(7,8)9/h5H,3H2,1-2H3. The largest absolute Gasteiger partial charge is 0.511 e. The second kappa shape index (κ2) is 4.79. The Bertz CT molecular complexity index is 311. The van der Waals surface area contributed by atoms with Crippen LogP contribution in [-0.2, 0) is 19.6 Å². The van der Waals surface area contributed by atoms with E-state index in [1.54, 1.807) is 0 Å². The van der Waals surface area contributed by atoms with E-state index >= 15 is 0 Å². The maximum absolute atomic E-state index is 12.1. The van der Waals surface area contributed by atoms with E-state index in [-0.39, 0.29) is 4.31 Å². The van der Waals surface area contributed by atoms with Gasteiger partial charge in [-0.05, 0) is 13.8 Å². The minimum Gasteiger partial charge on any atom is -0.440 e. The van der Waals surface area contributed by atoms with Gasteiger partial charge < -0.3 is 4.74 Å². The van der Waals surface area contributed by atoms with Gasteiger partial charge in [0.1, 0.15) is 0 Å². The fourth-order valence-electron chi connectivity index (χ4n) is 0.719. The lowest BCUT2D eigenvalue weighted by atomic mass is 10.4. The molecule has 0 unspecified atom stereocenters. The molecule has 0 saturated carbocycles. The maximum atomic E-state index is 12.1. The first-order valence-electron chi connectivity index (χ1n) is 3.71. The van der Waals surface area contributed by atoms with Crippen molar-refractivity contribution in [1.29, 1.82) is 0 Å². The van der Waals surface area contributed by atoms with Crippen LogP contribution in [-0.4, -0.2) is 37.5 Å². The third-order valence-electron chi connectivity index (χ3n) is 1.43. The van der Waals surface area contributed by atoms with Gasteiger partial charge in [-0.25, -0.2) is 13.2 Å². The van der Waals surface area contributed by atoms with E-state index < -0.39 is 28.3 Å². The van der Waals surface area contributed by atoms with Gasteiger partial charge in [0.05, 0.1) is 0 Å². The van der Waals surface area contributed by atoms with Crippen molar-refractivity contribution in [2.75, 3.05) is 6.73 Å².